The van der Waals surface area contributed by atoms with Gasteiger partial charge in [0.15, 0.2) is 0 Å². The molecule has 0 aliphatic heterocycles. The van der Waals surface area contributed by atoms with Gasteiger partial charge in [-0.25, -0.2) is 9.78 Å². The number of aromatic nitrogens is 1. The Morgan fingerprint density at radius 1 is 1.18 bits per heavy atom. The summed E-state index contributed by atoms with van der Waals surface area (Å²) >= 11 is 1.59. The van der Waals surface area contributed by atoms with Crippen molar-refractivity contribution < 1.29 is 23.8 Å². The molecule has 0 saturated heterocycles. The first-order valence-corrected chi connectivity index (χ1v) is 12.3. The Kier molecular flexibility index (Phi) is 10.6. The van der Waals surface area contributed by atoms with Crippen LogP contribution in [0.3, 0.4) is 0 Å². The highest BCUT2D eigenvalue weighted by Crippen LogP contribution is 2.22. The van der Waals surface area contributed by atoms with Gasteiger partial charge in [-0.05, 0) is 57.2 Å². The molecule has 2 rings (SSSR count). The summed E-state index contributed by atoms with van der Waals surface area (Å²) in [6, 6.07) is 9.68. The van der Waals surface area contributed by atoms with Gasteiger partial charge in [0.2, 0.25) is 0 Å². The molecule has 9 heteroatoms. The normalized spacial score (nSPS) is 11.9. The Bertz CT molecular complexity index is 1000. The van der Waals surface area contributed by atoms with Crippen molar-refractivity contribution in [2.75, 3.05) is 39.6 Å². The predicted octanol–water partition coefficient (Wildman–Crippen LogP) is 4.93. The van der Waals surface area contributed by atoms with E-state index in [-0.39, 0.29) is 18.5 Å². The number of pyridine rings is 1. The van der Waals surface area contributed by atoms with Crippen LogP contribution in [0, 0.1) is 0 Å². The molecule has 1 aromatic carbocycles. The zero-order chi connectivity index (χ0) is 25.1. The van der Waals surface area contributed by atoms with Crippen molar-refractivity contribution in [3.63, 3.8) is 0 Å². The lowest BCUT2D eigenvalue weighted by atomic mass is 10.2. The van der Waals surface area contributed by atoms with Crippen LogP contribution in [0.1, 0.15) is 46.2 Å². The highest BCUT2D eigenvalue weighted by Gasteiger charge is 2.19. The molecule has 34 heavy (non-hydrogen) atoms. The number of ether oxygens (including phenoxy) is 3. The summed E-state index contributed by atoms with van der Waals surface area (Å²) in [7, 11) is 3.09. The third kappa shape index (κ3) is 9.21. The zero-order valence-corrected chi connectivity index (χ0v) is 21.7. The lowest BCUT2D eigenvalue weighted by molar-refractivity contribution is -0.140. The Balaban J connectivity index is 1.96. The average molecular weight is 490 g/mol. The predicted molar refractivity (Wildman–Crippen MR) is 137 cm³/mol. The molecule has 1 aromatic heterocycles. The lowest BCUT2D eigenvalue weighted by Crippen LogP contribution is -2.35. The highest BCUT2D eigenvalue weighted by atomic mass is 32.2. The van der Waals surface area contributed by atoms with Crippen LogP contribution in [0.25, 0.3) is 10.9 Å². The van der Waals surface area contributed by atoms with Gasteiger partial charge in [-0.15, -0.1) is 11.8 Å². The quantitative estimate of drug-likeness (QED) is 0.202. The van der Waals surface area contributed by atoms with E-state index in [4.69, 9.17) is 14.5 Å². The molecule has 0 aliphatic carbocycles. The first-order chi connectivity index (χ1) is 16.1. The molecule has 0 N–H and O–H groups in total. The summed E-state index contributed by atoms with van der Waals surface area (Å²) in [6.07, 6.45) is 0.589. The monoisotopic (exact) mass is 489 g/mol. The molecule has 0 fully saturated rings. The number of benzene rings is 1. The number of hydrogen-bond donors (Lipinski definition) is 0. The number of aliphatic imine (C=N–C) groups is 1. The molecule has 0 bridgehead atoms. The van der Waals surface area contributed by atoms with E-state index in [1.165, 1.54) is 7.11 Å². The van der Waals surface area contributed by atoms with Crippen LogP contribution in [0.15, 0.2) is 35.3 Å². The molecule has 8 nitrogen and oxygen atoms in total. The Morgan fingerprint density at radius 2 is 1.94 bits per heavy atom. The smallest absolute Gasteiger partial charge is 0.410 e. The minimum absolute atomic E-state index is 0.242. The number of carbonyl (C=O) groups excluding carboxylic acids is 2. The van der Waals surface area contributed by atoms with E-state index >= 15 is 0 Å². The largest absolute Gasteiger partial charge is 0.494 e. The SMILES string of the molecule is CCSC(=NCCC(=O)OC)c1ccc2cc(OCCCN(C)C(=O)OC(C)(C)C)ccc2n1. The number of methoxy groups -OCH3 is 1. The van der Waals surface area contributed by atoms with Gasteiger partial charge in [-0.1, -0.05) is 13.0 Å². The summed E-state index contributed by atoms with van der Waals surface area (Å²) in [6.45, 7) is 8.98. The molecule has 0 atom stereocenters. The van der Waals surface area contributed by atoms with Crippen molar-refractivity contribution in [2.24, 2.45) is 4.99 Å². The summed E-state index contributed by atoms with van der Waals surface area (Å²) in [4.78, 5) is 34.2. The maximum atomic E-state index is 12.0. The topological polar surface area (TPSA) is 90.3 Å². The van der Waals surface area contributed by atoms with Crippen LogP contribution in [0.2, 0.25) is 0 Å². The van der Waals surface area contributed by atoms with Crippen LogP contribution in [0.5, 0.6) is 5.75 Å². The summed E-state index contributed by atoms with van der Waals surface area (Å²) < 4.78 is 15.9. The molecule has 1 amide bonds. The molecule has 186 valence electrons. The van der Waals surface area contributed by atoms with Crippen molar-refractivity contribution in [3.05, 3.63) is 36.0 Å². The molecule has 2 aromatic rings. The van der Waals surface area contributed by atoms with Gasteiger partial charge in [0.05, 0.1) is 37.9 Å². The summed E-state index contributed by atoms with van der Waals surface area (Å²) in [5.74, 6) is 1.32. The highest BCUT2D eigenvalue weighted by molar-refractivity contribution is 8.14. The van der Waals surface area contributed by atoms with Gasteiger partial charge in [-0.3, -0.25) is 9.79 Å². The van der Waals surface area contributed by atoms with Gasteiger partial charge in [0.25, 0.3) is 0 Å². The average Bonchev–Trinajstić information content (AvgIpc) is 2.79. The molecule has 0 radical (unpaired) electrons. The Labute approximate surface area is 206 Å². The number of carbonyl (C=O) groups is 2. The number of esters is 1. The second-order valence-electron chi connectivity index (χ2n) is 8.60. The summed E-state index contributed by atoms with van der Waals surface area (Å²) in [5, 5.41) is 1.77. The minimum Gasteiger partial charge on any atom is -0.494 e. The molecule has 0 aliphatic rings. The fraction of sp³-hybridized carbons (Fsp3) is 0.520. The van der Waals surface area contributed by atoms with Gasteiger partial charge < -0.3 is 19.1 Å². The van der Waals surface area contributed by atoms with E-state index in [1.54, 1.807) is 23.7 Å². The molecular formula is C25H35N3O5S. The van der Waals surface area contributed by atoms with Gasteiger partial charge in [0, 0.05) is 19.0 Å². The lowest BCUT2D eigenvalue weighted by Gasteiger charge is -2.24. The van der Waals surface area contributed by atoms with Crippen molar-refractivity contribution in [3.8, 4) is 5.75 Å². The van der Waals surface area contributed by atoms with E-state index in [2.05, 4.69) is 16.7 Å². The molecule has 1 heterocycles. The van der Waals surface area contributed by atoms with Crippen LogP contribution in [0.4, 0.5) is 4.79 Å². The molecule has 0 unspecified atom stereocenters. The van der Waals surface area contributed by atoms with Crippen molar-refractivity contribution >= 4 is 39.8 Å². The minimum atomic E-state index is -0.508. The van der Waals surface area contributed by atoms with Crippen molar-refractivity contribution in [2.45, 2.75) is 46.1 Å². The van der Waals surface area contributed by atoms with Crippen LogP contribution < -0.4 is 4.74 Å². The second-order valence-corrected chi connectivity index (χ2v) is 9.85. The van der Waals surface area contributed by atoms with Crippen LogP contribution >= 0.6 is 11.8 Å². The molecule has 0 spiro atoms. The number of hydrogen-bond acceptors (Lipinski definition) is 8. The number of nitrogens with zero attached hydrogens (tertiary/aromatic N) is 3. The molecular weight excluding hydrogens is 454 g/mol. The maximum absolute atomic E-state index is 12.0. The first-order valence-electron chi connectivity index (χ1n) is 11.3. The van der Waals surface area contributed by atoms with E-state index in [0.717, 1.165) is 33.1 Å². The van der Waals surface area contributed by atoms with Gasteiger partial charge >= 0.3 is 12.1 Å². The zero-order valence-electron chi connectivity index (χ0n) is 20.9. The van der Waals surface area contributed by atoms with Crippen LogP contribution in [-0.2, 0) is 14.3 Å². The maximum Gasteiger partial charge on any atom is 0.410 e. The fourth-order valence-corrected chi connectivity index (χ4v) is 3.64. The number of amides is 1. The van der Waals surface area contributed by atoms with Crippen molar-refractivity contribution in [1.82, 2.24) is 9.88 Å². The van der Waals surface area contributed by atoms with E-state index < -0.39 is 5.60 Å². The number of rotatable bonds is 10. The third-order valence-electron chi connectivity index (χ3n) is 4.57. The van der Waals surface area contributed by atoms with Gasteiger partial charge in [0.1, 0.15) is 16.4 Å². The third-order valence-corrected chi connectivity index (χ3v) is 5.47. The van der Waals surface area contributed by atoms with Crippen LogP contribution in [-0.4, -0.2) is 72.2 Å². The number of thioether (sulfide) groups is 1. The Hall–Kier alpha value is -2.81. The fourth-order valence-electron chi connectivity index (χ4n) is 2.92. The van der Waals surface area contributed by atoms with E-state index in [1.807, 2.05) is 51.1 Å². The standard InChI is InChI=1S/C25H35N3O5S/c1-7-34-23(26-14-13-22(29)31-6)21-11-9-18-17-19(10-12-20(18)27-21)32-16-8-15-28(5)24(30)33-25(2,3)4/h9-12,17H,7-8,13-16H2,1-6H3. The first kappa shape index (κ1) is 27.4. The second kappa shape index (κ2) is 13.2. The van der Waals surface area contributed by atoms with Crippen molar-refractivity contribution in [1.29, 1.82) is 0 Å². The Morgan fingerprint density at radius 3 is 2.62 bits per heavy atom. The molecule has 0 saturated carbocycles. The van der Waals surface area contributed by atoms with E-state index in [9.17, 15) is 9.59 Å². The van der Waals surface area contributed by atoms with Gasteiger partial charge in [-0.2, -0.15) is 0 Å². The summed E-state index contributed by atoms with van der Waals surface area (Å²) in [5.41, 5.74) is 1.11. The van der Waals surface area contributed by atoms with E-state index in [0.29, 0.717) is 26.1 Å². The number of fused-ring (bicyclic) bond motifs is 1.